The van der Waals surface area contributed by atoms with Gasteiger partial charge in [-0.1, -0.05) is 6.07 Å². The van der Waals surface area contributed by atoms with E-state index in [9.17, 15) is 8.42 Å². The Hall–Kier alpha value is -1.40. The Morgan fingerprint density at radius 2 is 2.05 bits per heavy atom. The number of aryl methyl sites for hydroxylation is 1. The van der Waals surface area contributed by atoms with Gasteiger partial charge in [0, 0.05) is 31.5 Å². The van der Waals surface area contributed by atoms with Gasteiger partial charge in [0.05, 0.1) is 16.7 Å². The summed E-state index contributed by atoms with van der Waals surface area (Å²) < 4.78 is 25.9. The Labute approximate surface area is 125 Å². The monoisotopic (exact) mass is 307 g/mol. The highest BCUT2D eigenvalue weighted by Gasteiger charge is 2.35. The molecule has 0 saturated carbocycles. The summed E-state index contributed by atoms with van der Waals surface area (Å²) in [4.78, 5) is 6.82. The van der Waals surface area contributed by atoms with E-state index in [1.54, 1.807) is 6.92 Å². The van der Waals surface area contributed by atoms with E-state index in [4.69, 9.17) is 0 Å². The molecule has 3 heterocycles. The molecule has 3 rings (SSSR count). The number of nitrogens with zero attached hydrogens (tertiary/aromatic N) is 3. The lowest BCUT2D eigenvalue weighted by Gasteiger charge is -2.37. The summed E-state index contributed by atoms with van der Waals surface area (Å²) in [6.07, 6.45) is 4.08. The van der Waals surface area contributed by atoms with Crippen molar-refractivity contribution in [2.45, 2.75) is 38.6 Å². The third-order valence-corrected chi connectivity index (χ3v) is 6.78. The van der Waals surface area contributed by atoms with Crippen LogP contribution in [0.5, 0.6) is 0 Å². The minimum Gasteiger partial charge on any atom is -0.307 e. The molecule has 0 spiro atoms. The number of hydrogen-bond acceptors (Lipinski definition) is 4. The van der Waals surface area contributed by atoms with Crippen molar-refractivity contribution in [3.8, 4) is 0 Å². The second-order valence-electron chi connectivity index (χ2n) is 5.99. The highest BCUT2D eigenvalue weighted by molar-refractivity contribution is 7.92. The van der Waals surface area contributed by atoms with Gasteiger partial charge < -0.3 is 4.40 Å². The Morgan fingerprint density at radius 1 is 1.29 bits per heavy atom. The molecule has 0 radical (unpaired) electrons. The normalized spacial score (nSPS) is 26.2. The van der Waals surface area contributed by atoms with Crippen LogP contribution in [0.3, 0.4) is 0 Å². The Morgan fingerprint density at radius 3 is 2.81 bits per heavy atom. The average Bonchev–Trinajstić information content (AvgIpc) is 2.81. The Balaban J connectivity index is 1.82. The number of imidazole rings is 1. The minimum absolute atomic E-state index is 0.0234. The first-order valence-electron chi connectivity index (χ1n) is 7.27. The van der Waals surface area contributed by atoms with Crippen LogP contribution in [0.25, 0.3) is 5.65 Å². The Bertz CT molecular complexity index is 766. The summed E-state index contributed by atoms with van der Waals surface area (Å²) in [6.45, 7) is 7.13. The fourth-order valence-electron chi connectivity index (χ4n) is 2.89. The van der Waals surface area contributed by atoms with Crippen LogP contribution < -0.4 is 0 Å². The van der Waals surface area contributed by atoms with Crippen LogP contribution in [0.2, 0.25) is 0 Å². The molecular formula is C15H21N3O2S. The van der Waals surface area contributed by atoms with Crippen LogP contribution in [-0.2, 0) is 16.4 Å². The number of rotatable bonds is 2. The van der Waals surface area contributed by atoms with Crippen molar-refractivity contribution >= 4 is 15.5 Å². The highest BCUT2D eigenvalue weighted by Crippen LogP contribution is 2.21. The van der Waals surface area contributed by atoms with Gasteiger partial charge in [-0.2, -0.15) is 0 Å². The number of hydrogen-bond donors (Lipinski definition) is 0. The third-order valence-electron chi connectivity index (χ3n) is 4.50. The molecule has 0 N–H and O–H groups in total. The molecular weight excluding hydrogens is 286 g/mol. The zero-order chi connectivity index (χ0) is 15.2. The second-order valence-corrected chi connectivity index (χ2v) is 8.46. The van der Waals surface area contributed by atoms with E-state index < -0.39 is 9.84 Å². The molecule has 2 atom stereocenters. The molecule has 1 saturated heterocycles. The first kappa shape index (κ1) is 14.5. The smallest absolute Gasteiger partial charge is 0.155 e. The average molecular weight is 307 g/mol. The molecule has 1 aliphatic rings. The molecule has 0 unspecified atom stereocenters. The van der Waals surface area contributed by atoms with E-state index in [1.807, 2.05) is 29.7 Å². The number of aromatic nitrogens is 2. The van der Waals surface area contributed by atoms with Crippen molar-refractivity contribution in [3.63, 3.8) is 0 Å². The first-order valence-corrected chi connectivity index (χ1v) is 8.98. The summed E-state index contributed by atoms with van der Waals surface area (Å²) in [7, 11) is -2.93. The van der Waals surface area contributed by atoms with E-state index in [0.717, 1.165) is 11.3 Å². The van der Waals surface area contributed by atoms with Crippen molar-refractivity contribution in [1.29, 1.82) is 0 Å². The van der Waals surface area contributed by atoms with Gasteiger partial charge in [0.2, 0.25) is 0 Å². The maximum absolute atomic E-state index is 11.9. The van der Waals surface area contributed by atoms with Gasteiger partial charge in [-0.15, -0.1) is 0 Å². The van der Waals surface area contributed by atoms with Crippen LogP contribution >= 0.6 is 0 Å². The van der Waals surface area contributed by atoms with Gasteiger partial charge >= 0.3 is 0 Å². The lowest BCUT2D eigenvalue weighted by Crippen LogP contribution is -2.51. The fourth-order valence-corrected chi connectivity index (χ4v) is 4.53. The van der Waals surface area contributed by atoms with Gasteiger partial charge in [0.25, 0.3) is 0 Å². The van der Waals surface area contributed by atoms with E-state index in [-0.39, 0.29) is 17.0 Å². The molecule has 2 aromatic heterocycles. The zero-order valence-corrected chi connectivity index (χ0v) is 13.5. The number of pyridine rings is 1. The topological polar surface area (TPSA) is 54.7 Å². The van der Waals surface area contributed by atoms with Crippen LogP contribution in [-0.4, -0.2) is 46.3 Å². The third kappa shape index (κ3) is 2.70. The summed E-state index contributed by atoms with van der Waals surface area (Å²) in [5.74, 6) is 0.241. The molecule has 0 amide bonds. The maximum Gasteiger partial charge on any atom is 0.155 e. The molecule has 1 fully saturated rings. The van der Waals surface area contributed by atoms with Crippen molar-refractivity contribution in [3.05, 3.63) is 35.8 Å². The molecule has 5 nitrogen and oxygen atoms in total. The molecule has 114 valence electrons. The maximum atomic E-state index is 11.9. The van der Waals surface area contributed by atoms with E-state index in [2.05, 4.69) is 23.0 Å². The highest BCUT2D eigenvalue weighted by atomic mass is 32.2. The van der Waals surface area contributed by atoms with E-state index >= 15 is 0 Å². The predicted octanol–water partition coefficient (Wildman–Crippen LogP) is 1.65. The summed E-state index contributed by atoms with van der Waals surface area (Å²) >= 11 is 0. The lowest BCUT2D eigenvalue weighted by molar-refractivity contribution is 0.195. The summed E-state index contributed by atoms with van der Waals surface area (Å²) in [5.41, 5.74) is 3.11. The van der Waals surface area contributed by atoms with Crippen molar-refractivity contribution in [2.24, 2.45) is 0 Å². The lowest BCUT2D eigenvalue weighted by atomic mass is 10.2. The van der Waals surface area contributed by atoms with Crippen LogP contribution in [0.4, 0.5) is 0 Å². The molecule has 21 heavy (non-hydrogen) atoms. The van der Waals surface area contributed by atoms with Crippen LogP contribution in [0, 0.1) is 6.92 Å². The first-order chi connectivity index (χ1) is 9.87. The predicted molar refractivity (Wildman–Crippen MR) is 83.0 cm³/mol. The van der Waals surface area contributed by atoms with Crippen molar-refractivity contribution in [1.82, 2.24) is 14.3 Å². The summed E-state index contributed by atoms with van der Waals surface area (Å²) in [6, 6.07) is 4.07. The fraction of sp³-hybridized carbons (Fsp3) is 0.533. The minimum atomic E-state index is -2.93. The van der Waals surface area contributed by atoms with Crippen molar-refractivity contribution < 1.29 is 8.42 Å². The van der Waals surface area contributed by atoms with Crippen LogP contribution in [0.15, 0.2) is 24.5 Å². The molecule has 2 aromatic rings. The zero-order valence-electron chi connectivity index (χ0n) is 12.7. The summed E-state index contributed by atoms with van der Waals surface area (Å²) in [5, 5.41) is -0.314. The van der Waals surface area contributed by atoms with Crippen LogP contribution in [0.1, 0.15) is 25.1 Å². The van der Waals surface area contributed by atoms with E-state index in [1.165, 1.54) is 5.56 Å². The molecule has 1 aliphatic heterocycles. The number of fused-ring (bicyclic) bond motifs is 1. The SMILES string of the molecule is Cc1ccc2nc(CN3CCS(=O)(=O)[C@@H](C)[C@@H]3C)cn2c1. The Kier molecular flexibility index (Phi) is 3.53. The standard InChI is InChI=1S/C15H21N3O2S/c1-11-4-5-15-16-14(10-18(15)8-11)9-17-6-7-21(19,20)13(3)12(17)2/h4-5,8,10,12-13H,6-7,9H2,1-3H3/t12-,13-/m0/s1. The molecule has 6 heteroatoms. The van der Waals surface area contributed by atoms with Gasteiger partial charge in [-0.25, -0.2) is 13.4 Å². The van der Waals surface area contributed by atoms with Crippen molar-refractivity contribution in [2.75, 3.05) is 12.3 Å². The quantitative estimate of drug-likeness (QED) is 0.846. The van der Waals surface area contributed by atoms with E-state index in [0.29, 0.717) is 13.1 Å². The molecule has 0 aliphatic carbocycles. The number of sulfone groups is 1. The largest absolute Gasteiger partial charge is 0.307 e. The van der Waals surface area contributed by atoms with Gasteiger partial charge in [-0.05, 0) is 32.4 Å². The molecule has 0 aromatic carbocycles. The van der Waals surface area contributed by atoms with Gasteiger partial charge in [-0.3, -0.25) is 4.90 Å². The second kappa shape index (κ2) is 5.10. The molecule has 0 bridgehead atoms. The van der Waals surface area contributed by atoms with Gasteiger partial charge in [0.1, 0.15) is 5.65 Å². The van der Waals surface area contributed by atoms with Gasteiger partial charge in [0.15, 0.2) is 9.84 Å².